The molecule has 0 radical (unpaired) electrons. The fourth-order valence-corrected chi connectivity index (χ4v) is 11.4. The van der Waals surface area contributed by atoms with E-state index in [-0.39, 0.29) is 18.9 Å². The number of aliphatic hydroxyl groups is 3. The maximum absolute atomic E-state index is 15.0. The fourth-order valence-electron chi connectivity index (χ4n) is 11.4. The van der Waals surface area contributed by atoms with Gasteiger partial charge in [0, 0.05) is 41.9 Å². The van der Waals surface area contributed by atoms with Crippen molar-refractivity contribution in [2.45, 2.75) is 116 Å². The molecule has 258 valence electrons. The van der Waals surface area contributed by atoms with E-state index in [9.17, 15) is 34.5 Å². The zero-order valence-corrected chi connectivity index (χ0v) is 27.6. The van der Waals surface area contributed by atoms with Gasteiger partial charge in [-0.15, -0.1) is 0 Å². The molecule has 15 atom stereocenters. The lowest BCUT2D eigenvalue weighted by Crippen LogP contribution is -2.84. The van der Waals surface area contributed by atoms with Gasteiger partial charge >= 0.3 is 17.9 Å². The van der Waals surface area contributed by atoms with Gasteiger partial charge in [0.2, 0.25) is 6.29 Å². The first-order valence-electron chi connectivity index (χ1n) is 16.4. The van der Waals surface area contributed by atoms with Crippen LogP contribution in [0, 0.1) is 39.4 Å². The highest BCUT2D eigenvalue weighted by molar-refractivity contribution is 5.91. The minimum atomic E-state index is -1.66. The Kier molecular flexibility index (Phi) is 7.02. The first kappa shape index (κ1) is 32.7. The third-order valence-electron chi connectivity index (χ3n) is 13.3. The van der Waals surface area contributed by atoms with Crippen LogP contribution in [-0.4, -0.2) is 94.1 Å². The molecule has 4 saturated carbocycles. The third kappa shape index (κ3) is 3.67. The van der Waals surface area contributed by atoms with Crippen LogP contribution in [0.3, 0.4) is 0 Å². The van der Waals surface area contributed by atoms with E-state index in [2.05, 4.69) is 0 Å². The topological polar surface area (TPSA) is 192 Å². The average Bonchev–Trinajstić information content (AvgIpc) is 3.35. The summed E-state index contributed by atoms with van der Waals surface area (Å²) < 4.78 is 35.6. The number of ketones is 1. The number of hydrogen-bond donors (Lipinski definition) is 3. The highest BCUT2D eigenvalue weighted by atomic mass is 16.7. The number of esters is 3. The van der Waals surface area contributed by atoms with Gasteiger partial charge in [-0.2, -0.15) is 0 Å². The molecule has 1 aromatic heterocycles. The molecule has 7 rings (SSSR count). The first-order valence-corrected chi connectivity index (χ1v) is 16.4. The predicted octanol–water partition coefficient (Wildman–Crippen LogP) is 1.64. The van der Waals surface area contributed by atoms with E-state index in [1.54, 1.807) is 40.0 Å². The Morgan fingerprint density at radius 2 is 1.66 bits per heavy atom. The average molecular weight is 661 g/mol. The number of ether oxygens (including phenoxy) is 5. The van der Waals surface area contributed by atoms with Gasteiger partial charge in [0.1, 0.15) is 17.8 Å². The van der Waals surface area contributed by atoms with Crippen molar-refractivity contribution in [3.8, 4) is 0 Å². The number of epoxide rings is 1. The lowest BCUT2D eigenvalue weighted by molar-refractivity contribution is -0.391. The summed E-state index contributed by atoms with van der Waals surface area (Å²) in [5, 5.41) is 37.1. The summed E-state index contributed by atoms with van der Waals surface area (Å²) in [6, 6.07) is 1.80. The molecule has 6 aliphatic rings. The van der Waals surface area contributed by atoms with Crippen molar-refractivity contribution in [1.82, 2.24) is 0 Å². The monoisotopic (exact) mass is 660 g/mol. The minimum Gasteiger partial charge on any atom is -0.472 e. The molecule has 1 aromatic rings. The Labute approximate surface area is 272 Å². The summed E-state index contributed by atoms with van der Waals surface area (Å²) >= 11 is 0. The standard InChI is InChI=1S/C34H44O13/c1-14(2)28(41)46-29-30(5)19-11-20(37)32(7)24(33(19,13-43-29)26(40)23(44-15(3)35)27(30)45-16(4)36)22(38)25(39)31(6)18(17-8-9-42-12-17)10-21-34(31,32)47-21/h8-9,12,14,18-21,23-27,29,37,39-40H,10-11,13H2,1-7H3/t18-,19-,20+,21+,23+,24-,25-,26-,27+,29?,30+,31+,32+,33-,34+/m0/s1. The van der Waals surface area contributed by atoms with E-state index in [4.69, 9.17) is 28.1 Å². The minimum absolute atomic E-state index is 0.0299. The van der Waals surface area contributed by atoms with Gasteiger partial charge < -0.3 is 43.4 Å². The molecule has 2 aliphatic heterocycles. The Morgan fingerprint density at radius 1 is 0.979 bits per heavy atom. The van der Waals surface area contributed by atoms with Crippen molar-refractivity contribution in [2.24, 2.45) is 39.4 Å². The van der Waals surface area contributed by atoms with Gasteiger partial charge in [-0.1, -0.05) is 27.7 Å². The molecule has 1 spiro atoms. The van der Waals surface area contributed by atoms with Gasteiger partial charge in [0.15, 0.2) is 18.0 Å². The Morgan fingerprint density at radius 3 is 2.26 bits per heavy atom. The second kappa shape index (κ2) is 10.1. The highest BCUT2D eigenvalue weighted by Gasteiger charge is 2.92. The van der Waals surface area contributed by atoms with Crippen molar-refractivity contribution < 1.29 is 62.6 Å². The van der Waals surface area contributed by atoms with Crippen molar-refractivity contribution in [3.63, 3.8) is 0 Å². The van der Waals surface area contributed by atoms with Gasteiger partial charge in [0.25, 0.3) is 0 Å². The van der Waals surface area contributed by atoms with Gasteiger partial charge in [-0.25, -0.2) is 0 Å². The third-order valence-corrected chi connectivity index (χ3v) is 13.3. The van der Waals surface area contributed by atoms with Crippen LogP contribution >= 0.6 is 0 Å². The smallest absolute Gasteiger partial charge is 0.310 e. The number of Topliss-reactive ketones (excluding diaryl/α,β-unsaturated/α-hetero) is 1. The van der Waals surface area contributed by atoms with Crippen LogP contribution in [0.1, 0.15) is 72.8 Å². The largest absolute Gasteiger partial charge is 0.472 e. The molecule has 0 amide bonds. The van der Waals surface area contributed by atoms with Crippen molar-refractivity contribution in [1.29, 1.82) is 0 Å². The van der Waals surface area contributed by atoms with Gasteiger partial charge in [-0.3, -0.25) is 19.2 Å². The van der Waals surface area contributed by atoms with Crippen molar-refractivity contribution in [3.05, 3.63) is 24.2 Å². The van der Waals surface area contributed by atoms with Crippen LogP contribution in [0.15, 0.2) is 23.0 Å². The lowest BCUT2D eigenvalue weighted by Gasteiger charge is -2.73. The fraction of sp³-hybridized carbons (Fsp3) is 0.765. The second-order valence-electron chi connectivity index (χ2n) is 15.6. The molecule has 2 saturated heterocycles. The number of carbonyl (C=O) groups excluding carboxylic acids is 4. The van der Waals surface area contributed by atoms with Crippen LogP contribution in [-0.2, 0) is 42.9 Å². The summed E-state index contributed by atoms with van der Waals surface area (Å²) in [5.41, 5.74) is -6.04. The SMILES string of the molecule is CC(=O)O[C@H]1[C@@H](OC(C)=O)[C@]2(C)C(OC(=O)C(C)C)OC[C@]3([C@H]4C(=O)[C@H](O)[C@@]5(C)[C@H](c6ccoc6)C[C@H]6O[C@]65[C@]4(C)[C@H](O)C[C@@H]23)[C@H]1O. The highest BCUT2D eigenvalue weighted by Crippen LogP contribution is 2.82. The summed E-state index contributed by atoms with van der Waals surface area (Å²) in [6.45, 7) is 10.5. The molecule has 3 N–H and O–H groups in total. The Hall–Kier alpha value is -2.84. The molecule has 47 heavy (non-hydrogen) atoms. The van der Waals surface area contributed by atoms with Gasteiger partial charge in [0.05, 0.1) is 42.7 Å². The summed E-state index contributed by atoms with van der Waals surface area (Å²) in [5.74, 6) is -5.77. The van der Waals surface area contributed by atoms with Gasteiger partial charge in [-0.05, 0) is 37.3 Å². The number of aliphatic hydroxyl groups excluding tert-OH is 3. The summed E-state index contributed by atoms with van der Waals surface area (Å²) in [6.07, 6.45) is -5.57. The normalized spacial score (nSPS) is 50.8. The number of fused-ring (bicyclic) bond motifs is 1. The molecule has 3 heterocycles. The van der Waals surface area contributed by atoms with E-state index in [1.807, 2.05) is 6.92 Å². The van der Waals surface area contributed by atoms with Crippen molar-refractivity contribution >= 4 is 23.7 Å². The van der Waals surface area contributed by atoms with E-state index in [1.165, 1.54) is 6.26 Å². The van der Waals surface area contributed by atoms with Crippen molar-refractivity contribution in [2.75, 3.05) is 6.61 Å². The first-order chi connectivity index (χ1) is 21.9. The quantitative estimate of drug-likeness (QED) is 0.235. The van der Waals surface area contributed by atoms with Crippen LogP contribution in [0.25, 0.3) is 0 Å². The molecular weight excluding hydrogens is 616 g/mol. The molecule has 1 unspecified atom stereocenters. The molecular formula is C34H44O13. The van der Waals surface area contributed by atoms with Crippen LogP contribution in [0.2, 0.25) is 0 Å². The maximum atomic E-state index is 15.0. The van der Waals surface area contributed by atoms with E-state index >= 15 is 0 Å². The Bertz CT molecular complexity index is 1510. The maximum Gasteiger partial charge on any atom is 0.310 e. The lowest BCUT2D eigenvalue weighted by atomic mass is 9.33. The molecule has 2 bridgehead atoms. The predicted molar refractivity (Wildman–Crippen MR) is 157 cm³/mol. The number of hydrogen-bond acceptors (Lipinski definition) is 13. The Balaban J connectivity index is 1.43. The van der Waals surface area contributed by atoms with E-state index in [0.29, 0.717) is 6.42 Å². The number of rotatable bonds is 5. The molecule has 6 fully saturated rings. The van der Waals surface area contributed by atoms with E-state index < -0.39 is 112 Å². The zero-order chi connectivity index (χ0) is 34.2. The number of furan rings is 1. The molecule has 4 aliphatic carbocycles. The van der Waals surface area contributed by atoms with Crippen LogP contribution < -0.4 is 0 Å². The molecule has 13 heteroatoms. The molecule has 0 aromatic carbocycles. The summed E-state index contributed by atoms with van der Waals surface area (Å²) in [4.78, 5) is 53.1. The molecule has 13 nitrogen and oxygen atoms in total. The second-order valence-corrected chi connectivity index (χ2v) is 15.6. The van der Waals surface area contributed by atoms with E-state index in [0.717, 1.165) is 19.4 Å². The van der Waals surface area contributed by atoms with Crippen LogP contribution in [0.4, 0.5) is 0 Å². The van der Waals surface area contributed by atoms with Crippen LogP contribution in [0.5, 0.6) is 0 Å². The number of carbonyl (C=O) groups is 4. The zero-order valence-electron chi connectivity index (χ0n) is 27.6. The summed E-state index contributed by atoms with van der Waals surface area (Å²) in [7, 11) is 0.